The van der Waals surface area contributed by atoms with Crippen molar-refractivity contribution in [3.63, 3.8) is 0 Å². The molecule has 21 heteroatoms. The van der Waals surface area contributed by atoms with Crippen molar-refractivity contribution < 1.29 is 42.9 Å². The largest absolute Gasteiger partial charge is 0.490 e. The highest BCUT2D eigenvalue weighted by atomic mass is 19.1. The highest BCUT2D eigenvalue weighted by Crippen LogP contribution is 2.28. The van der Waals surface area contributed by atoms with E-state index in [9.17, 15) is 38.2 Å². The highest BCUT2D eigenvalue weighted by molar-refractivity contribution is 6.48. The summed E-state index contributed by atoms with van der Waals surface area (Å²) in [5.74, 6) is -6.49. The summed E-state index contributed by atoms with van der Waals surface area (Å²) < 4.78 is 35.2. The molecule has 4 aliphatic heterocycles. The Hall–Kier alpha value is -6.74. The summed E-state index contributed by atoms with van der Waals surface area (Å²) in [6, 6.07) is 3.39. The van der Waals surface area contributed by atoms with E-state index in [1.807, 2.05) is 0 Å². The van der Waals surface area contributed by atoms with Crippen LogP contribution in [0.15, 0.2) is 69.0 Å². The molecule has 0 saturated carbocycles. The number of hydrazone groups is 4. The van der Waals surface area contributed by atoms with Gasteiger partial charge in [-0.1, -0.05) is 0 Å². The van der Waals surface area contributed by atoms with Gasteiger partial charge in [-0.15, -0.1) is 31.5 Å². The number of hydrogen-bond donors (Lipinski definition) is 8. The maximum Gasteiger partial charge on any atom is 0.337 e. The van der Waals surface area contributed by atoms with Crippen LogP contribution in [0, 0.1) is 11.6 Å². The van der Waals surface area contributed by atoms with E-state index in [4.69, 9.17) is 4.74 Å². The average molecular weight is 651 g/mol. The number of carbonyl (C=O) groups excluding carboxylic acids is 2. The molecule has 2 aromatic rings. The van der Waals surface area contributed by atoms with Gasteiger partial charge < -0.3 is 25.6 Å². The number of rotatable bonds is 10. The van der Waals surface area contributed by atoms with Crippen molar-refractivity contribution in [2.24, 2.45) is 20.4 Å². The summed E-state index contributed by atoms with van der Waals surface area (Å²) >= 11 is 0. The number of anilines is 2. The molecule has 0 spiro atoms. The minimum atomic E-state index is -1.54. The number of amides is 2. The number of hydrogen-bond acceptors (Lipinski definition) is 15. The molecule has 47 heavy (non-hydrogen) atoms. The molecule has 0 aromatic heterocycles. The van der Waals surface area contributed by atoms with Crippen molar-refractivity contribution in [3.8, 4) is 5.75 Å². The monoisotopic (exact) mass is 650 g/mol. The van der Waals surface area contributed by atoms with Crippen molar-refractivity contribution in [1.82, 2.24) is 32.4 Å². The Kier molecular flexibility index (Phi) is 7.95. The molecule has 4 heterocycles. The molecular weight excluding hydrogens is 630 g/mol. The van der Waals surface area contributed by atoms with Crippen molar-refractivity contribution in [3.05, 3.63) is 76.9 Å². The molecule has 6 rings (SSSR count). The van der Waals surface area contributed by atoms with E-state index in [2.05, 4.69) is 53.2 Å². The zero-order valence-corrected chi connectivity index (χ0v) is 23.4. The summed E-state index contributed by atoms with van der Waals surface area (Å²) in [4.78, 5) is 49.2. The van der Waals surface area contributed by atoms with Gasteiger partial charge >= 0.3 is 11.9 Å². The number of nitrogens with zero attached hydrogens (tertiary/aromatic N) is 6. The zero-order chi connectivity index (χ0) is 33.2. The van der Waals surface area contributed by atoms with E-state index in [1.54, 1.807) is 0 Å². The Morgan fingerprint density at radius 2 is 1.26 bits per heavy atom. The molecular formula is C26H20F2N12O7. The first kappa shape index (κ1) is 30.3. The summed E-state index contributed by atoms with van der Waals surface area (Å²) in [6.07, 6.45) is 5.34. The van der Waals surface area contributed by atoms with E-state index < -0.39 is 52.3 Å². The maximum absolute atomic E-state index is 14.9. The van der Waals surface area contributed by atoms with Crippen LogP contribution in [0.5, 0.6) is 5.75 Å². The lowest BCUT2D eigenvalue weighted by Crippen LogP contribution is -2.40. The lowest BCUT2D eigenvalue weighted by atomic mass is 10.1. The molecule has 0 radical (unpaired) electrons. The first-order valence-corrected chi connectivity index (χ1v) is 13.3. The van der Waals surface area contributed by atoms with Crippen LogP contribution in [0.2, 0.25) is 0 Å². The second-order valence-electron chi connectivity index (χ2n) is 9.58. The summed E-state index contributed by atoms with van der Waals surface area (Å²) in [5, 5.41) is 41.9. The third-order valence-corrected chi connectivity index (χ3v) is 6.59. The topological polar surface area (TPSA) is 246 Å². The van der Waals surface area contributed by atoms with Gasteiger partial charge in [0.25, 0.3) is 11.8 Å². The molecule has 8 N–H and O–H groups in total. The predicted molar refractivity (Wildman–Crippen MR) is 157 cm³/mol. The van der Waals surface area contributed by atoms with Crippen molar-refractivity contribution >= 4 is 58.2 Å². The molecule has 19 nitrogen and oxygen atoms in total. The van der Waals surface area contributed by atoms with Gasteiger partial charge in [0.1, 0.15) is 5.82 Å². The maximum atomic E-state index is 14.9. The van der Waals surface area contributed by atoms with Crippen LogP contribution < -0.4 is 37.5 Å². The van der Waals surface area contributed by atoms with Crippen LogP contribution in [0.4, 0.5) is 20.2 Å². The molecule has 4 aliphatic rings. The second kappa shape index (κ2) is 12.3. The van der Waals surface area contributed by atoms with Crippen molar-refractivity contribution in [2.75, 3.05) is 17.2 Å². The summed E-state index contributed by atoms with van der Waals surface area (Å²) in [6.45, 7) is -0.385. The van der Waals surface area contributed by atoms with E-state index in [-0.39, 0.29) is 41.4 Å². The van der Waals surface area contributed by atoms with Gasteiger partial charge in [0.05, 0.1) is 29.1 Å². The molecule has 0 unspecified atom stereocenters. The van der Waals surface area contributed by atoms with E-state index in [1.165, 1.54) is 24.3 Å². The number of carboxylic acid groups (broad SMARTS) is 2. The minimum absolute atomic E-state index is 0.0997. The highest BCUT2D eigenvalue weighted by Gasteiger charge is 2.26. The second-order valence-corrected chi connectivity index (χ2v) is 9.58. The number of carboxylic acids is 2. The van der Waals surface area contributed by atoms with Gasteiger partial charge in [0, 0.05) is 12.5 Å². The Morgan fingerprint density at radius 3 is 1.79 bits per heavy atom. The number of nitrogens with one attached hydrogen (secondary N) is 6. The number of fused-ring (bicyclic) bond motifs is 2. The lowest BCUT2D eigenvalue weighted by molar-refractivity contribution is -0.111. The summed E-state index contributed by atoms with van der Waals surface area (Å²) in [7, 11) is 0. The molecule has 0 bridgehead atoms. The van der Waals surface area contributed by atoms with Crippen LogP contribution in [-0.2, 0) is 16.0 Å². The Morgan fingerprint density at radius 1 is 0.745 bits per heavy atom. The van der Waals surface area contributed by atoms with Gasteiger partial charge in [0.2, 0.25) is 0 Å². The van der Waals surface area contributed by atoms with Crippen molar-refractivity contribution in [2.45, 2.75) is 6.42 Å². The molecule has 0 aliphatic carbocycles. The molecule has 0 fully saturated rings. The van der Waals surface area contributed by atoms with Crippen LogP contribution >= 0.6 is 0 Å². The fourth-order valence-electron chi connectivity index (χ4n) is 4.35. The Balaban J connectivity index is 1.17. The van der Waals surface area contributed by atoms with Gasteiger partial charge in [-0.05, 0) is 48.1 Å². The smallest absolute Gasteiger partial charge is 0.337 e. The van der Waals surface area contributed by atoms with Crippen LogP contribution in [0.3, 0.4) is 0 Å². The number of ether oxygens (including phenoxy) is 1. The van der Waals surface area contributed by atoms with Gasteiger partial charge in [-0.25, -0.2) is 29.4 Å². The number of hydrazine groups is 4. The van der Waals surface area contributed by atoms with Gasteiger partial charge in [-0.3, -0.25) is 9.59 Å². The normalized spacial score (nSPS) is 15.7. The Bertz CT molecular complexity index is 1790. The van der Waals surface area contributed by atoms with Gasteiger partial charge in [-0.2, -0.15) is 10.2 Å². The zero-order valence-electron chi connectivity index (χ0n) is 23.4. The number of halogens is 2. The molecule has 2 amide bonds. The fourth-order valence-corrected chi connectivity index (χ4v) is 4.35. The number of amidine groups is 2. The predicted octanol–water partition coefficient (Wildman–Crippen LogP) is -0.0121. The Labute approximate surface area is 260 Å². The number of aromatic carboxylic acids is 2. The molecule has 240 valence electrons. The van der Waals surface area contributed by atoms with Crippen LogP contribution in [0.1, 0.15) is 26.3 Å². The van der Waals surface area contributed by atoms with Gasteiger partial charge in [0.15, 0.2) is 34.7 Å². The fraction of sp³-hybridized carbons (Fsp3) is 0.0769. The quantitative estimate of drug-likeness (QED) is 0.169. The third kappa shape index (κ3) is 6.27. The number of carbonyl (C=O) groups is 4. The average Bonchev–Trinajstić information content (AvgIpc) is 3.72. The number of benzene rings is 2. The molecule has 0 atom stereocenters. The first-order valence-electron chi connectivity index (χ1n) is 13.3. The third-order valence-electron chi connectivity index (χ3n) is 6.59. The molecule has 2 aromatic carbocycles. The first-order chi connectivity index (χ1) is 22.6. The minimum Gasteiger partial charge on any atom is -0.490 e. The SMILES string of the molecule is O=C(Nc1cc(CCOc2cc(NC(=O)C3=NN4NNN=C4C=C3)c(C(=O)O)cc2F)c(F)cc1C(=O)O)C1=NN2NNN=C2C=C1. The van der Waals surface area contributed by atoms with Crippen LogP contribution in [-0.4, -0.2) is 73.9 Å². The molecule has 0 saturated heterocycles. The van der Waals surface area contributed by atoms with E-state index in [0.29, 0.717) is 23.8 Å². The summed E-state index contributed by atoms with van der Waals surface area (Å²) in [5.41, 5.74) is 7.92. The standard InChI is InChI=1S/C26H20F2N12O7/c27-14-8-12(25(43)44)18(29-23(41)16-1-3-21-31-35-37-39(21)33-16)7-11(14)5-6-47-20-10-19(13(26(45)46)9-15(20)28)30-24(42)17-2-4-22-32-36-38-40(22)34-17/h1-4,7-10,35-38H,5-6H2,(H,29,41)(H,30,42)(H,43,44)(H,45,46). The van der Waals surface area contributed by atoms with E-state index in [0.717, 1.165) is 22.4 Å². The van der Waals surface area contributed by atoms with E-state index >= 15 is 0 Å². The van der Waals surface area contributed by atoms with Crippen molar-refractivity contribution in [1.29, 1.82) is 0 Å². The lowest BCUT2D eigenvalue weighted by Gasteiger charge is -2.17. The van der Waals surface area contributed by atoms with Crippen LogP contribution in [0.25, 0.3) is 0 Å².